The zero-order valence-electron chi connectivity index (χ0n) is 16.3. The van der Waals surface area contributed by atoms with Gasteiger partial charge in [0.25, 0.3) is 0 Å². The molecule has 0 radical (unpaired) electrons. The van der Waals surface area contributed by atoms with Crippen LogP contribution in [0.4, 0.5) is 5.69 Å². The summed E-state index contributed by atoms with van der Waals surface area (Å²) in [5.41, 5.74) is 4.26. The number of aliphatic imine (C=N–C) groups is 1. The number of halogens is 2. The van der Waals surface area contributed by atoms with E-state index >= 15 is 0 Å². The number of benzene rings is 2. The minimum absolute atomic E-state index is 0.0316. The predicted molar refractivity (Wildman–Crippen MR) is 117 cm³/mol. The molecule has 2 unspecified atom stereocenters. The van der Waals surface area contributed by atoms with Gasteiger partial charge >= 0.3 is 35.6 Å². The van der Waals surface area contributed by atoms with Crippen molar-refractivity contribution < 1.29 is 22.1 Å². The molecule has 1 N–H and O–H groups in total. The van der Waals surface area contributed by atoms with Gasteiger partial charge in [0.05, 0.1) is 11.8 Å². The Morgan fingerprint density at radius 3 is 2.18 bits per heavy atom. The Morgan fingerprint density at radius 1 is 1.00 bits per heavy atom. The van der Waals surface area contributed by atoms with Crippen LogP contribution in [0.1, 0.15) is 37.8 Å². The maximum atomic E-state index is 10.7. The van der Waals surface area contributed by atoms with Crippen molar-refractivity contribution in [3.63, 3.8) is 0 Å². The molecular formula is C23H25Cl2NOTi. The van der Waals surface area contributed by atoms with Crippen LogP contribution in [0.15, 0.2) is 83.4 Å². The van der Waals surface area contributed by atoms with Gasteiger partial charge in [-0.25, -0.2) is 0 Å². The van der Waals surface area contributed by atoms with Gasteiger partial charge in [-0.1, -0.05) is 81.5 Å². The van der Waals surface area contributed by atoms with Gasteiger partial charge in [-0.15, -0.1) is 0 Å². The van der Waals surface area contributed by atoms with Crippen molar-refractivity contribution in [1.82, 2.24) is 0 Å². The Labute approximate surface area is 184 Å². The predicted octanol–water partition coefficient (Wildman–Crippen LogP) is 6.70. The van der Waals surface area contributed by atoms with Gasteiger partial charge in [-0.3, -0.25) is 4.99 Å². The second kappa shape index (κ2) is 11.1. The van der Waals surface area contributed by atoms with Crippen LogP contribution >= 0.6 is 18.6 Å². The fourth-order valence-corrected chi connectivity index (χ4v) is 2.98. The van der Waals surface area contributed by atoms with E-state index in [-0.39, 0.29) is 11.3 Å². The fourth-order valence-electron chi connectivity index (χ4n) is 2.98. The molecule has 5 heteroatoms. The van der Waals surface area contributed by atoms with Crippen LogP contribution in [0.3, 0.4) is 0 Å². The zero-order valence-corrected chi connectivity index (χ0v) is 19.4. The van der Waals surface area contributed by atoms with E-state index in [2.05, 4.69) is 37.9 Å². The van der Waals surface area contributed by atoms with Crippen LogP contribution < -0.4 is 0 Å². The summed E-state index contributed by atoms with van der Waals surface area (Å²) in [6, 6.07) is 18.4. The van der Waals surface area contributed by atoms with Gasteiger partial charge in [0.2, 0.25) is 0 Å². The Kier molecular flexibility index (Phi) is 9.20. The number of rotatable bonds is 3. The van der Waals surface area contributed by atoms with Crippen molar-refractivity contribution in [3.8, 4) is 0 Å². The normalized spacial score (nSPS) is 19.0. The minimum atomic E-state index is -0.579. The molecular weight excluding hydrogens is 425 g/mol. The molecule has 0 spiro atoms. The van der Waals surface area contributed by atoms with Crippen LogP contribution in [0.5, 0.6) is 0 Å². The van der Waals surface area contributed by atoms with Gasteiger partial charge in [-0.05, 0) is 34.2 Å². The van der Waals surface area contributed by atoms with E-state index in [1.165, 1.54) is 5.56 Å². The van der Waals surface area contributed by atoms with Gasteiger partial charge in [0.1, 0.15) is 0 Å². The number of nitrogens with zero attached hydrogens (tertiary/aromatic N) is 1. The zero-order chi connectivity index (χ0) is 20.6. The van der Waals surface area contributed by atoms with Gasteiger partial charge in [0.15, 0.2) is 0 Å². The van der Waals surface area contributed by atoms with E-state index in [4.69, 9.17) is 18.6 Å². The third-order valence-electron chi connectivity index (χ3n) is 4.57. The monoisotopic (exact) mass is 449 g/mol. The quantitative estimate of drug-likeness (QED) is 0.410. The first kappa shape index (κ1) is 23.1. The Hall–Kier alpha value is -1.16. The summed E-state index contributed by atoms with van der Waals surface area (Å²) in [7, 11) is 9.78. The Balaban J connectivity index is 0.000000878. The standard InChI is InChI=1S/C23H25NO.2ClH.Ti/c1-23(2,3)19-12-14-20(15-13-19)24-16-18-10-7-11-21(22(18)25)17-8-5-4-6-9-17;;;/h4-16,21-22,25H,1-3H3;2*1H;/q;;;+2/p-2. The number of hydrogen-bond acceptors (Lipinski definition) is 2. The number of hydrogen-bond donors (Lipinski definition) is 1. The molecule has 0 aromatic heterocycles. The first-order valence-electron chi connectivity index (χ1n) is 9.09. The molecule has 2 aromatic carbocycles. The second-order valence-corrected chi connectivity index (χ2v) is 10.1. The van der Waals surface area contributed by atoms with E-state index in [0.717, 1.165) is 16.8 Å². The van der Waals surface area contributed by atoms with Crippen LogP contribution in [0.25, 0.3) is 0 Å². The summed E-state index contributed by atoms with van der Waals surface area (Å²) in [6.07, 6.45) is 7.15. The topological polar surface area (TPSA) is 32.6 Å². The molecule has 0 saturated carbocycles. The summed E-state index contributed by atoms with van der Waals surface area (Å²) in [5.74, 6) is -0.0316. The van der Waals surface area contributed by atoms with Crippen LogP contribution in [-0.2, 0) is 22.4 Å². The molecule has 146 valence electrons. The molecule has 28 heavy (non-hydrogen) atoms. The van der Waals surface area contributed by atoms with Crippen molar-refractivity contribution in [2.75, 3.05) is 0 Å². The molecule has 1 aliphatic rings. The van der Waals surface area contributed by atoms with Crippen LogP contribution in [0.2, 0.25) is 0 Å². The molecule has 0 saturated heterocycles. The number of aliphatic hydroxyl groups excluding tert-OH is 1. The summed E-state index contributed by atoms with van der Waals surface area (Å²) >= 11 is -0.556. The van der Waals surface area contributed by atoms with Gasteiger partial charge in [0, 0.05) is 12.1 Å². The van der Waals surface area contributed by atoms with Crippen molar-refractivity contribution in [2.24, 2.45) is 4.99 Å². The van der Waals surface area contributed by atoms with Crippen molar-refractivity contribution in [3.05, 3.63) is 89.5 Å². The molecule has 0 amide bonds. The number of aliphatic hydroxyl groups is 1. The summed E-state index contributed by atoms with van der Waals surface area (Å²) in [6.45, 7) is 6.60. The number of allylic oxidation sites excluding steroid dienone is 2. The van der Waals surface area contributed by atoms with Crippen molar-refractivity contribution in [2.45, 2.75) is 38.2 Å². The van der Waals surface area contributed by atoms with Crippen molar-refractivity contribution in [1.29, 1.82) is 0 Å². The summed E-state index contributed by atoms with van der Waals surface area (Å²) < 4.78 is 0. The molecule has 3 rings (SSSR count). The van der Waals surface area contributed by atoms with Crippen molar-refractivity contribution >= 4 is 30.5 Å². The molecule has 0 fully saturated rings. The Morgan fingerprint density at radius 2 is 1.61 bits per heavy atom. The average Bonchev–Trinajstić information content (AvgIpc) is 2.68. The van der Waals surface area contributed by atoms with Crippen LogP contribution in [0, 0.1) is 0 Å². The average molecular weight is 450 g/mol. The van der Waals surface area contributed by atoms with Gasteiger partial charge in [-0.2, -0.15) is 0 Å². The fraction of sp³-hybridized carbons (Fsp3) is 0.261. The third kappa shape index (κ3) is 6.72. The molecule has 0 aliphatic heterocycles. The van der Waals surface area contributed by atoms with E-state index in [9.17, 15) is 5.11 Å². The summed E-state index contributed by atoms with van der Waals surface area (Å²) in [4.78, 5) is 4.54. The first-order chi connectivity index (χ1) is 13.4. The van der Waals surface area contributed by atoms with Crippen LogP contribution in [-0.4, -0.2) is 17.4 Å². The van der Waals surface area contributed by atoms with E-state index in [1.807, 2.05) is 60.7 Å². The molecule has 0 heterocycles. The SMILES string of the molecule is CC(C)(C)c1ccc(N=CC2=CC=CC(c3ccccc3)C2O)cc1.[Cl][Ti][Cl]. The van der Waals surface area contributed by atoms with E-state index in [0.29, 0.717) is 0 Å². The molecule has 2 nitrogen and oxygen atoms in total. The molecule has 0 bridgehead atoms. The molecule has 2 atom stereocenters. The summed E-state index contributed by atoms with van der Waals surface area (Å²) in [5, 5.41) is 10.7. The third-order valence-corrected chi connectivity index (χ3v) is 4.57. The van der Waals surface area contributed by atoms with E-state index in [1.54, 1.807) is 6.21 Å². The second-order valence-electron chi connectivity index (χ2n) is 7.56. The maximum absolute atomic E-state index is 10.7. The molecule has 1 aliphatic carbocycles. The first-order valence-corrected chi connectivity index (χ1v) is 13.4. The Bertz CT molecular complexity index is 824. The molecule has 2 aromatic rings. The van der Waals surface area contributed by atoms with E-state index < -0.39 is 23.1 Å². The van der Waals surface area contributed by atoms with Gasteiger partial charge < -0.3 is 5.11 Å².